The maximum absolute atomic E-state index is 12.8. The van der Waals surface area contributed by atoms with Crippen molar-refractivity contribution in [3.05, 3.63) is 23.9 Å². The summed E-state index contributed by atoms with van der Waals surface area (Å²) in [6.07, 6.45) is -0.928. The van der Waals surface area contributed by atoms with Crippen molar-refractivity contribution in [2.75, 3.05) is 26.2 Å². The molecule has 0 bridgehead atoms. The number of hydrogen-bond acceptors (Lipinski definition) is 4. The summed E-state index contributed by atoms with van der Waals surface area (Å²) in [6, 6.07) is 2.73. The first-order chi connectivity index (χ1) is 11.8. The van der Waals surface area contributed by atoms with Gasteiger partial charge in [-0.3, -0.25) is 4.79 Å². The SMILES string of the molecule is CCCN(C(=O)c1ccc(OCC(F)(F)C(F)F)nc1)C1CCNC1.Cl. The third kappa shape index (κ3) is 5.70. The van der Waals surface area contributed by atoms with Crippen molar-refractivity contribution in [2.45, 2.75) is 38.2 Å². The summed E-state index contributed by atoms with van der Waals surface area (Å²) in [4.78, 5) is 18.2. The van der Waals surface area contributed by atoms with Crippen LogP contribution < -0.4 is 10.1 Å². The standard InChI is InChI=1S/C16H21F4N3O2.ClH/c1-2-7-23(12-5-6-21-9-12)14(24)11-3-4-13(22-8-11)25-10-16(19,20)15(17)18;/h3-4,8,12,15,21H,2,5-7,9-10H2,1H3;1H. The van der Waals surface area contributed by atoms with Crippen LogP contribution in [0.15, 0.2) is 18.3 Å². The second kappa shape index (κ2) is 9.91. The summed E-state index contributed by atoms with van der Waals surface area (Å²) in [5.74, 6) is -4.68. The molecule has 2 heterocycles. The molecule has 0 saturated carbocycles. The lowest BCUT2D eigenvalue weighted by Crippen LogP contribution is -2.42. The summed E-state index contributed by atoms with van der Waals surface area (Å²) in [7, 11) is 0. The maximum Gasteiger partial charge on any atom is 0.340 e. The van der Waals surface area contributed by atoms with Crippen molar-refractivity contribution in [3.63, 3.8) is 0 Å². The van der Waals surface area contributed by atoms with Gasteiger partial charge in [-0.1, -0.05) is 6.92 Å². The first kappa shape index (κ1) is 22.4. The molecule has 1 aliphatic rings. The van der Waals surface area contributed by atoms with E-state index in [2.05, 4.69) is 15.0 Å². The molecule has 0 aliphatic carbocycles. The molecule has 1 atom stereocenters. The predicted molar refractivity (Wildman–Crippen MR) is 90.5 cm³/mol. The molecular weight excluding hydrogens is 378 g/mol. The van der Waals surface area contributed by atoms with Gasteiger partial charge in [-0.05, 0) is 25.5 Å². The predicted octanol–water partition coefficient (Wildman–Crippen LogP) is 3.00. The van der Waals surface area contributed by atoms with Crippen molar-refractivity contribution < 1.29 is 27.1 Å². The first-order valence-electron chi connectivity index (χ1n) is 8.11. The molecule has 1 saturated heterocycles. The second-order valence-corrected chi connectivity index (χ2v) is 5.88. The van der Waals surface area contributed by atoms with E-state index in [0.717, 1.165) is 25.9 Å². The molecule has 148 valence electrons. The molecule has 1 fully saturated rings. The number of halogens is 5. The Morgan fingerprint density at radius 3 is 2.69 bits per heavy atom. The molecule has 10 heteroatoms. The summed E-state index contributed by atoms with van der Waals surface area (Å²) in [5.41, 5.74) is 0.299. The zero-order valence-corrected chi connectivity index (χ0v) is 15.1. The Morgan fingerprint density at radius 1 is 1.46 bits per heavy atom. The van der Waals surface area contributed by atoms with Gasteiger partial charge in [0.05, 0.1) is 5.56 Å². The van der Waals surface area contributed by atoms with Crippen molar-refractivity contribution in [2.24, 2.45) is 0 Å². The molecule has 2 rings (SSSR count). The van der Waals surface area contributed by atoms with Crippen LogP contribution in [0.2, 0.25) is 0 Å². The van der Waals surface area contributed by atoms with Crippen molar-refractivity contribution in [1.29, 1.82) is 0 Å². The molecule has 1 aromatic heterocycles. The number of pyridine rings is 1. The van der Waals surface area contributed by atoms with E-state index in [-0.39, 0.29) is 30.2 Å². The number of alkyl halides is 4. The van der Waals surface area contributed by atoms with Gasteiger partial charge in [-0.25, -0.2) is 13.8 Å². The highest BCUT2D eigenvalue weighted by Gasteiger charge is 2.41. The molecule has 1 aromatic rings. The number of rotatable bonds is 8. The lowest BCUT2D eigenvalue weighted by Gasteiger charge is -2.28. The van der Waals surface area contributed by atoms with Crippen molar-refractivity contribution in [3.8, 4) is 5.88 Å². The van der Waals surface area contributed by atoms with E-state index in [1.54, 1.807) is 4.90 Å². The Morgan fingerprint density at radius 2 is 2.19 bits per heavy atom. The van der Waals surface area contributed by atoms with Crippen LogP contribution >= 0.6 is 12.4 Å². The fourth-order valence-corrected chi connectivity index (χ4v) is 2.59. The lowest BCUT2D eigenvalue weighted by atomic mass is 10.1. The molecule has 0 aromatic carbocycles. The summed E-state index contributed by atoms with van der Waals surface area (Å²) in [6.45, 7) is 2.68. The summed E-state index contributed by atoms with van der Waals surface area (Å²) < 4.78 is 54.4. The summed E-state index contributed by atoms with van der Waals surface area (Å²) >= 11 is 0. The third-order valence-electron chi connectivity index (χ3n) is 3.92. The monoisotopic (exact) mass is 399 g/mol. The molecule has 0 radical (unpaired) electrons. The summed E-state index contributed by atoms with van der Waals surface area (Å²) in [5, 5.41) is 3.20. The quantitative estimate of drug-likeness (QED) is 0.683. The zero-order valence-electron chi connectivity index (χ0n) is 14.3. The van der Waals surface area contributed by atoms with E-state index in [1.807, 2.05) is 6.92 Å². The van der Waals surface area contributed by atoms with E-state index in [9.17, 15) is 22.4 Å². The minimum absolute atomic E-state index is 0. The number of hydrogen-bond donors (Lipinski definition) is 1. The minimum Gasteiger partial charge on any atom is -0.471 e. The number of nitrogens with zero attached hydrogens (tertiary/aromatic N) is 2. The second-order valence-electron chi connectivity index (χ2n) is 5.88. The largest absolute Gasteiger partial charge is 0.471 e. The van der Waals surface area contributed by atoms with Crippen LogP contribution in [-0.4, -0.2) is 60.4 Å². The van der Waals surface area contributed by atoms with Gasteiger partial charge in [0, 0.05) is 31.4 Å². The van der Waals surface area contributed by atoms with Gasteiger partial charge in [0.25, 0.3) is 5.91 Å². The van der Waals surface area contributed by atoms with Gasteiger partial charge in [-0.2, -0.15) is 8.78 Å². The highest BCUT2D eigenvalue weighted by atomic mass is 35.5. The average Bonchev–Trinajstić information content (AvgIpc) is 3.12. The van der Waals surface area contributed by atoms with Crippen LogP contribution in [0.3, 0.4) is 0 Å². The van der Waals surface area contributed by atoms with Crippen LogP contribution in [0.4, 0.5) is 17.6 Å². The van der Waals surface area contributed by atoms with Crippen LogP contribution in [-0.2, 0) is 0 Å². The smallest absolute Gasteiger partial charge is 0.340 e. The van der Waals surface area contributed by atoms with Gasteiger partial charge in [0.2, 0.25) is 5.88 Å². The lowest BCUT2D eigenvalue weighted by molar-refractivity contribution is -0.148. The molecule has 1 aliphatic heterocycles. The molecule has 5 nitrogen and oxygen atoms in total. The zero-order chi connectivity index (χ0) is 18.4. The average molecular weight is 400 g/mol. The van der Waals surface area contributed by atoms with Crippen LogP contribution in [0.1, 0.15) is 30.1 Å². The topological polar surface area (TPSA) is 54.5 Å². The minimum atomic E-state index is -4.25. The Kier molecular flexibility index (Phi) is 8.55. The molecule has 1 amide bonds. The van der Waals surface area contributed by atoms with E-state index >= 15 is 0 Å². The van der Waals surface area contributed by atoms with E-state index in [0.29, 0.717) is 12.1 Å². The molecular formula is C16H22ClF4N3O2. The van der Waals surface area contributed by atoms with Crippen molar-refractivity contribution in [1.82, 2.24) is 15.2 Å². The van der Waals surface area contributed by atoms with Gasteiger partial charge in [-0.15, -0.1) is 12.4 Å². The van der Waals surface area contributed by atoms with Crippen LogP contribution in [0.25, 0.3) is 0 Å². The van der Waals surface area contributed by atoms with Gasteiger partial charge in [0.1, 0.15) is 0 Å². The van der Waals surface area contributed by atoms with Gasteiger partial charge in [0.15, 0.2) is 6.61 Å². The maximum atomic E-state index is 12.8. The third-order valence-corrected chi connectivity index (χ3v) is 3.92. The number of ether oxygens (including phenoxy) is 1. The van der Waals surface area contributed by atoms with Crippen LogP contribution in [0.5, 0.6) is 5.88 Å². The molecule has 26 heavy (non-hydrogen) atoms. The Hall–Kier alpha value is -1.61. The van der Waals surface area contributed by atoms with Gasteiger partial charge < -0.3 is 15.0 Å². The number of aromatic nitrogens is 1. The Balaban J connectivity index is 0.00000338. The number of amides is 1. The number of carbonyl (C=O) groups excluding carboxylic acids is 1. The Labute approximate surface area is 155 Å². The van der Waals surface area contributed by atoms with E-state index in [4.69, 9.17) is 0 Å². The van der Waals surface area contributed by atoms with Gasteiger partial charge >= 0.3 is 12.3 Å². The Bertz CT molecular complexity index is 569. The molecule has 1 unspecified atom stereocenters. The van der Waals surface area contributed by atoms with Crippen LogP contribution in [0, 0.1) is 0 Å². The fourth-order valence-electron chi connectivity index (χ4n) is 2.59. The number of nitrogens with one attached hydrogen (secondary N) is 1. The van der Waals surface area contributed by atoms with E-state index < -0.39 is 19.0 Å². The fraction of sp³-hybridized carbons (Fsp3) is 0.625. The first-order valence-corrected chi connectivity index (χ1v) is 8.11. The normalized spacial score (nSPS) is 17.1. The number of carbonyl (C=O) groups is 1. The molecule has 0 spiro atoms. The highest BCUT2D eigenvalue weighted by molar-refractivity contribution is 5.94. The highest BCUT2D eigenvalue weighted by Crippen LogP contribution is 2.24. The van der Waals surface area contributed by atoms with E-state index in [1.165, 1.54) is 18.3 Å². The van der Waals surface area contributed by atoms with Crippen molar-refractivity contribution >= 4 is 18.3 Å². The molecule has 1 N–H and O–H groups in total.